The number of hydrogen-bond acceptors (Lipinski definition) is 3. The van der Waals surface area contributed by atoms with Crippen molar-refractivity contribution in [3.05, 3.63) is 119 Å². The van der Waals surface area contributed by atoms with Crippen LogP contribution in [-0.4, -0.2) is 25.0 Å². The molecule has 0 fully saturated rings. The molecule has 2 aliphatic heterocycles. The molecule has 0 radical (unpaired) electrons. The van der Waals surface area contributed by atoms with Crippen LogP contribution in [0.25, 0.3) is 68.6 Å². The number of aromatic nitrogens is 4. The minimum atomic E-state index is -0.700. The Kier molecular flexibility index (Phi) is 5.99. The fourth-order valence-electron chi connectivity index (χ4n) is 5.52. The smallest absolute Gasteiger partial charge is 0.0829 e. The molecule has 5 heterocycles. The van der Waals surface area contributed by atoms with Gasteiger partial charge in [-0.2, -0.15) is 0 Å². The van der Waals surface area contributed by atoms with Crippen LogP contribution in [0.5, 0.6) is 0 Å². The second-order valence-electron chi connectivity index (χ2n) is 10.1. The molecule has 8 bridgehead atoms. The average molecular weight is 521 g/mol. The first-order valence-corrected chi connectivity index (χ1v) is 13.6. The standard InChI is InChI=1S/C35H28N4O/c1-2-32(40)35-30-19-17-28(38-30)33(22-9-5-3-6-10-22)26-15-13-24(36-26)21-25-14-16-27(37-25)34(23-11-7-4-8-12-23)29-18-20-31(35)39-29/h3-21,32,36-37,40H,2H2,1H3. The zero-order valence-corrected chi connectivity index (χ0v) is 22.1. The summed E-state index contributed by atoms with van der Waals surface area (Å²) in [7, 11) is 0. The predicted molar refractivity (Wildman–Crippen MR) is 165 cm³/mol. The Hall–Kier alpha value is -5.00. The van der Waals surface area contributed by atoms with Crippen molar-refractivity contribution in [2.45, 2.75) is 19.4 Å². The predicted octanol–water partition coefficient (Wildman–Crippen LogP) is 8.43. The SMILES string of the molecule is CCC(O)c1c2nc(c(-c3ccccc3)c3ccc(cc4ccc([nH]4)c(-c4ccccc4)c4nc1C=C4)[nH]3)C=C2. The number of aliphatic hydroxyl groups is 1. The van der Waals surface area contributed by atoms with Crippen LogP contribution in [0.4, 0.5) is 0 Å². The molecular weight excluding hydrogens is 492 g/mol. The van der Waals surface area contributed by atoms with Gasteiger partial charge in [-0.05, 0) is 72.2 Å². The molecule has 1 unspecified atom stereocenters. The molecule has 0 spiro atoms. The van der Waals surface area contributed by atoms with E-state index in [1.165, 1.54) is 0 Å². The molecule has 0 amide bonds. The highest BCUT2D eigenvalue weighted by atomic mass is 16.3. The lowest BCUT2D eigenvalue weighted by Crippen LogP contribution is -2.02. The number of nitrogens with one attached hydrogen (secondary N) is 2. The van der Waals surface area contributed by atoms with Crippen molar-refractivity contribution in [1.29, 1.82) is 0 Å². The first kappa shape index (κ1) is 24.1. The van der Waals surface area contributed by atoms with Gasteiger partial charge in [-0.25, -0.2) is 9.97 Å². The van der Waals surface area contributed by atoms with E-state index in [4.69, 9.17) is 9.97 Å². The van der Waals surface area contributed by atoms with E-state index in [2.05, 4.69) is 64.6 Å². The normalized spacial score (nSPS) is 13.1. The van der Waals surface area contributed by atoms with Crippen molar-refractivity contribution >= 4 is 46.4 Å². The Balaban J connectivity index is 1.64. The third-order valence-corrected chi connectivity index (χ3v) is 7.46. The van der Waals surface area contributed by atoms with E-state index in [1.807, 2.05) is 67.6 Å². The van der Waals surface area contributed by atoms with Crippen molar-refractivity contribution in [2.24, 2.45) is 0 Å². The summed E-state index contributed by atoms with van der Waals surface area (Å²) in [5, 5.41) is 11.2. The van der Waals surface area contributed by atoms with Crippen LogP contribution in [0.15, 0.2) is 91.0 Å². The minimum absolute atomic E-state index is 0.556. The van der Waals surface area contributed by atoms with Crippen LogP contribution >= 0.6 is 0 Å². The number of rotatable bonds is 4. The molecule has 5 aromatic rings. The quantitative estimate of drug-likeness (QED) is 0.218. The third-order valence-electron chi connectivity index (χ3n) is 7.46. The second kappa shape index (κ2) is 9.95. The van der Waals surface area contributed by atoms with Gasteiger partial charge in [0.15, 0.2) is 0 Å². The number of aromatic amines is 2. The van der Waals surface area contributed by atoms with Gasteiger partial charge in [-0.1, -0.05) is 67.6 Å². The zero-order valence-electron chi connectivity index (χ0n) is 22.1. The lowest BCUT2D eigenvalue weighted by atomic mass is 10.0. The van der Waals surface area contributed by atoms with E-state index < -0.39 is 6.10 Å². The molecule has 2 aliphatic rings. The maximum absolute atomic E-state index is 11.2. The summed E-state index contributed by atoms with van der Waals surface area (Å²) >= 11 is 0. The van der Waals surface area contributed by atoms with Gasteiger partial charge >= 0.3 is 0 Å². The highest BCUT2D eigenvalue weighted by molar-refractivity contribution is 5.93. The topological polar surface area (TPSA) is 77.6 Å². The summed E-state index contributed by atoms with van der Waals surface area (Å²) in [4.78, 5) is 17.4. The molecule has 194 valence electrons. The van der Waals surface area contributed by atoms with Gasteiger partial charge in [-0.3, -0.25) is 0 Å². The average Bonchev–Trinajstić information content (AvgIpc) is 3.81. The number of aliphatic hydroxyl groups excluding tert-OH is 1. The highest BCUT2D eigenvalue weighted by Gasteiger charge is 2.20. The van der Waals surface area contributed by atoms with Crippen LogP contribution in [0.1, 0.15) is 47.8 Å². The Bertz CT molecular complexity index is 1810. The van der Waals surface area contributed by atoms with Crippen LogP contribution in [0, 0.1) is 0 Å². The van der Waals surface area contributed by atoms with E-state index in [1.54, 1.807) is 0 Å². The monoisotopic (exact) mass is 520 g/mol. The molecule has 0 saturated carbocycles. The lowest BCUT2D eigenvalue weighted by Gasteiger charge is -2.10. The van der Waals surface area contributed by atoms with E-state index >= 15 is 0 Å². The highest BCUT2D eigenvalue weighted by Crippen LogP contribution is 2.35. The fraction of sp³-hybridized carbons (Fsp3) is 0.0857. The summed E-state index contributed by atoms with van der Waals surface area (Å²) in [6.07, 6.45) is 7.91. The summed E-state index contributed by atoms with van der Waals surface area (Å²) in [6.45, 7) is 1.98. The number of H-pyrrole nitrogens is 2. The van der Waals surface area contributed by atoms with E-state index in [9.17, 15) is 5.11 Å². The van der Waals surface area contributed by atoms with Gasteiger partial charge in [0.25, 0.3) is 0 Å². The molecule has 7 rings (SSSR count). The summed E-state index contributed by atoms with van der Waals surface area (Å²) in [6, 6.07) is 31.1. The van der Waals surface area contributed by atoms with E-state index in [0.717, 1.165) is 72.7 Å². The summed E-state index contributed by atoms with van der Waals surface area (Å²) in [5.74, 6) is 0. The van der Waals surface area contributed by atoms with Gasteiger partial charge in [0.05, 0.1) is 28.9 Å². The molecule has 3 N–H and O–H groups in total. The molecule has 5 heteroatoms. The van der Waals surface area contributed by atoms with Crippen molar-refractivity contribution < 1.29 is 5.11 Å². The lowest BCUT2D eigenvalue weighted by molar-refractivity contribution is 0.172. The fourth-order valence-corrected chi connectivity index (χ4v) is 5.52. The summed E-state index contributed by atoms with van der Waals surface area (Å²) < 4.78 is 0. The Morgan fingerprint density at radius 1 is 0.600 bits per heavy atom. The maximum atomic E-state index is 11.2. The van der Waals surface area contributed by atoms with Gasteiger partial charge in [0.1, 0.15) is 0 Å². The van der Waals surface area contributed by atoms with Crippen LogP contribution in [-0.2, 0) is 0 Å². The van der Waals surface area contributed by atoms with Crippen molar-refractivity contribution in [2.75, 3.05) is 0 Å². The molecule has 1 atom stereocenters. The Labute approximate surface area is 232 Å². The zero-order chi connectivity index (χ0) is 27.1. The molecule has 0 saturated heterocycles. The minimum Gasteiger partial charge on any atom is -0.388 e. The van der Waals surface area contributed by atoms with E-state index in [-0.39, 0.29) is 0 Å². The number of hydrogen-bond donors (Lipinski definition) is 3. The van der Waals surface area contributed by atoms with Crippen LogP contribution in [0.3, 0.4) is 0 Å². The van der Waals surface area contributed by atoms with Gasteiger partial charge in [0.2, 0.25) is 0 Å². The van der Waals surface area contributed by atoms with Crippen LogP contribution in [0.2, 0.25) is 0 Å². The van der Waals surface area contributed by atoms with E-state index in [0.29, 0.717) is 6.42 Å². The molecule has 2 aromatic carbocycles. The van der Waals surface area contributed by atoms with Gasteiger partial charge in [0, 0.05) is 38.8 Å². The largest absolute Gasteiger partial charge is 0.388 e. The number of benzene rings is 2. The Morgan fingerprint density at radius 2 is 1.05 bits per heavy atom. The van der Waals surface area contributed by atoms with Crippen molar-refractivity contribution in [3.8, 4) is 22.3 Å². The Morgan fingerprint density at radius 3 is 1.50 bits per heavy atom. The van der Waals surface area contributed by atoms with Gasteiger partial charge in [-0.15, -0.1) is 0 Å². The van der Waals surface area contributed by atoms with Crippen LogP contribution < -0.4 is 0 Å². The first-order chi connectivity index (χ1) is 19.7. The van der Waals surface area contributed by atoms with Gasteiger partial charge < -0.3 is 15.1 Å². The molecular formula is C35H28N4O. The molecule has 3 aromatic heterocycles. The number of fused-ring (bicyclic) bond motifs is 8. The maximum Gasteiger partial charge on any atom is 0.0829 e. The molecule has 0 aliphatic carbocycles. The van der Waals surface area contributed by atoms with Crippen molar-refractivity contribution in [1.82, 2.24) is 19.9 Å². The third kappa shape index (κ3) is 4.27. The second-order valence-corrected chi connectivity index (χ2v) is 10.1. The first-order valence-electron chi connectivity index (χ1n) is 13.6. The number of nitrogens with zero attached hydrogens (tertiary/aromatic N) is 2. The summed E-state index contributed by atoms with van der Waals surface area (Å²) in [5.41, 5.74) is 12.0. The van der Waals surface area contributed by atoms with Crippen molar-refractivity contribution in [3.63, 3.8) is 0 Å². The molecule has 40 heavy (non-hydrogen) atoms. The molecule has 5 nitrogen and oxygen atoms in total.